The van der Waals surface area contributed by atoms with E-state index < -0.39 is 11.6 Å². The molecule has 2 rings (SSSR count). The molecule has 1 saturated heterocycles. The van der Waals surface area contributed by atoms with Crippen LogP contribution in [0.25, 0.3) is 0 Å². The minimum atomic E-state index is -0.656. The van der Waals surface area contributed by atoms with E-state index in [0.717, 1.165) is 18.6 Å². The molecule has 1 aliphatic rings. The summed E-state index contributed by atoms with van der Waals surface area (Å²) in [5, 5.41) is 0. The molecule has 1 heterocycles. The van der Waals surface area contributed by atoms with Crippen LogP contribution in [0.15, 0.2) is 12.1 Å². The number of benzene rings is 1. The summed E-state index contributed by atoms with van der Waals surface area (Å²) in [5.74, 6) is -0.864. The third-order valence-electron chi connectivity index (χ3n) is 2.92. The molecule has 1 aromatic rings. The molecule has 16 heavy (non-hydrogen) atoms. The molecule has 0 amide bonds. The van der Waals surface area contributed by atoms with Gasteiger partial charge in [0.1, 0.15) is 23.6 Å². The van der Waals surface area contributed by atoms with Crippen molar-refractivity contribution in [2.45, 2.75) is 13.3 Å². The van der Waals surface area contributed by atoms with Gasteiger partial charge in [0, 0.05) is 18.7 Å². The fourth-order valence-corrected chi connectivity index (χ4v) is 2.09. The SMILES string of the molecule is CC1CCN(c2c(F)cc(C=O)cc2F)C1. The van der Waals surface area contributed by atoms with Gasteiger partial charge >= 0.3 is 0 Å². The standard InChI is InChI=1S/C12H13F2NO/c1-8-2-3-15(6-8)12-10(13)4-9(7-16)5-11(12)14/h4-5,7-8H,2-3,6H2,1H3. The largest absolute Gasteiger partial charge is 0.367 e. The van der Waals surface area contributed by atoms with Crippen molar-refractivity contribution in [1.82, 2.24) is 0 Å². The summed E-state index contributed by atoms with van der Waals surface area (Å²) < 4.78 is 27.3. The summed E-state index contributed by atoms with van der Waals surface area (Å²) >= 11 is 0. The van der Waals surface area contributed by atoms with E-state index in [4.69, 9.17) is 0 Å². The highest BCUT2D eigenvalue weighted by Crippen LogP contribution is 2.29. The summed E-state index contributed by atoms with van der Waals surface area (Å²) in [4.78, 5) is 12.1. The van der Waals surface area contributed by atoms with Crippen molar-refractivity contribution in [3.63, 3.8) is 0 Å². The number of anilines is 1. The summed E-state index contributed by atoms with van der Waals surface area (Å²) in [7, 11) is 0. The van der Waals surface area contributed by atoms with Crippen LogP contribution in [0, 0.1) is 17.6 Å². The first-order valence-electron chi connectivity index (χ1n) is 5.31. The maximum Gasteiger partial charge on any atom is 0.150 e. The smallest absolute Gasteiger partial charge is 0.150 e. The number of carbonyl (C=O) groups excluding carboxylic acids is 1. The monoisotopic (exact) mass is 225 g/mol. The highest BCUT2D eigenvalue weighted by molar-refractivity contribution is 5.76. The van der Waals surface area contributed by atoms with Crippen LogP contribution in [0.5, 0.6) is 0 Å². The van der Waals surface area contributed by atoms with Gasteiger partial charge in [0.05, 0.1) is 0 Å². The molecule has 0 bridgehead atoms. The van der Waals surface area contributed by atoms with Gasteiger partial charge in [-0.25, -0.2) is 8.78 Å². The second-order valence-corrected chi connectivity index (χ2v) is 4.29. The molecule has 1 fully saturated rings. The lowest BCUT2D eigenvalue weighted by atomic mass is 10.1. The van der Waals surface area contributed by atoms with Crippen LogP contribution in [-0.2, 0) is 0 Å². The first-order chi connectivity index (χ1) is 7.61. The molecule has 0 aromatic heterocycles. The summed E-state index contributed by atoms with van der Waals surface area (Å²) in [6.07, 6.45) is 1.39. The van der Waals surface area contributed by atoms with Gasteiger partial charge in [0.25, 0.3) is 0 Å². The Kier molecular flexibility index (Phi) is 2.90. The van der Waals surface area contributed by atoms with E-state index in [1.165, 1.54) is 0 Å². The van der Waals surface area contributed by atoms with Gasteiger partial charge in [-0.1, -0.05) is 6.92 Å². The molecule has 1 aromatic carbocycles. The molecular weight excluding hydrogens is 212 g/mol. The molecule has 2 nitrogen and oxygen atoms in total. The van der Waals surface area contributed by atoms with Crippen LogP contribution in [0.1, 0.15) is 23.7 Å². The zero-order chi connectivity index (χ0) is 11.7. The number of nitrogens with zero attached hydrogens (tertiary/aromatic N) is 1. The van der Waals surface area contributed by atoms with E-state index >= 15 is 0 Å². The Hall–Kier alpha value is -1.45. The van der Waals surface area contributed by atoms with E-state index in [9.17, 15) is 13.6 Å². The summed E-state index contributed by atoms with van der Waals surface area (Å²) in [5.41, 5.74) is 0.0287. The highest BCUT2D eigenvalue weighted by Gasteiger charge is 2.24. The maximum absolute atomic E-state index is 13.6. The Bertz CT molecular complexity index is 396. The highest BCUT2D eigenvalue weighted by atomic mass is 19.1. The van der Waals surface area contributed by atoms with E-state index in [1.54, 1.807) is 4.90 Å². The average Bonchev–Trinajstić information content (AvgIpc) is 2.63. The van der Waals surface area contributed by atoms with Crippen molar-refractivity contribution in [3.05, 3.63) is 29.3 Å². The number of aldehydes is 1. The molecule has 1 unspecified atom stereocenters. The maximum atomic E-state index is 13.6. The molecule has 86 valence electrons. The topological polar surface area (TPSA) is 20.3 Å². The van der Waals surface area contributed by atoms with E-state index in [-0.39, 0.29) is 11.3 Å². The number of halogens is 2. The van der Waals surface area contributed by atoms with Gasteiger partial charge < -0.3 is 4.90 Å². The van der Waals surface area contributed by atoms with E-state index in [0.29, 0.717) is 25.3 Å². The second kappa shape index (κ2) is 4.20. The Balaban J connectivity index is 2.37. The minimum Gasteiger partial charge on any atom is -0.367 e. The van der Waals surface area contributed by atoms with Crippen molar-refractivity contribution in [2.75, 3.05) is 18.0 Å². The molecular formula is C12H13F2NO. The Morgan fingerprint density at radius 3 is 2.44 bits per heavy atom. The van der Waals surface area contributed by atoms with Crippen molar-refractivity contribution in [1.29, 1.82) is 0 Å². The molecule has 0 aliphatic carbocycles. The van der Waals surface area contributed by atoms with Gasteiger partial charge in [-0.15, -0.1) is 0 Å². The quantitative estimate of drug-likeness (QED) is 0.721. The van der Waals surface area contributed by atoms with Crippen LogP contribution in [-0.4, -0.2) is 19.4 Å². The normalized spacial score (nSPS) is 20.2. The van der Waals surface area contributed by atoms with Crippen LogP contribution in [0.2, 0.25) is 0 Å². The van der Waals surface area contributed by atoms with E-state index in [2.05, 4.69) is 6.92 Å². The number of hydrogen-bond donors (Lipinski definition) is 0. The third-order valence-corrected chi connectivity index (χ3v) is 2.92. The molecule has 4 heteroatoms. The van der Waals surface area contributed by atoms with Crippen LogP contribution < -0.4 is 4.90 Å². The molecule has 0 spiro atoms. The number of rotatable bonds is 2. The fraction of sp³-hybridized carbons (Fsp3) is 0.417. The van der Waals surface area contributed by atoms with Gasteiger partial charge in [-0.2, -0.15) is 0 Å². The van der Waals surface area contributed by atoms with Crippen LogP contribution >= 0.6 is 0 Å². The lowest BCUT2D eigenvalue weighted by Gasteiger charge is -2.19. The average molecular weight is 225 g/mol. The number of carbonyl (C=O) groups is 1. The van der Waals surface area contributed by atoms with Crippen molar-refractivity contribution >= 4 is 12.0 Å². The first kappa shape index (κ1) is 11.0. The van der Waals surface area contributed by atoms with Gasteiger partial charge in [0.15, 0.2) is 0 Å². The summed E-state index contributed by atoms with van der Waals surface area (Å²) in [6.45, 7) is 3.37. The lowest BCUT2D eigenvalue weighted by Crippen LogP contribution is -2.21. The van der Waals surface area contributed by atoms with Crippen LogP contribution in [0.3, 0.4) is 0 Å². The summed E-state index contributed by atoms with van der Waals surface area (Å²) in [6, 6.07) is 2.16. The first-order valence-corrected chi connectivity index (χ1v) is 5.31. The molecule has 0 radical (unpaired) electrons. The zero-order valence-electron chi connectivity index (χ0n) is 9.04. The third kappa shape index (κ3) is 1.92. The minimum absolute atomic E-state index is 0.00468. The zero-order valence-corrected chi connectivity index (χ0v) is 9.04. The second-order valence-electron chi connectivity index (χ2n) is 4.29. The van der Waals surface area contributed by atoms with Crippen molar-refractivity contribution in [2.24, 2.45) is 5.92 Å². The molecule has 0 saturated carbocycles. The molecule has 1 aliphatic heterocycles. The molecule has 1 atom stereocenters. The van der Waals surface area contributed by atoms with Crippen molar-refractivity contribution in [3.8, 4) is 0 Å². The van der Waals surface area contributed by atoms with Crippen LogP contribution in [0.4, 0.5) is 14.5 Å². The van der Waals surface area contributed by atoms with Gasteiger partial charge in [-0.3, -0.25) is 4.79 Å². The predicted molar refractivity (Wildman–Crippen MR) is 57.7 cm³/mol. The predicted octanol–water partition coefficient (Wildman–Crippen LogP) is 2.62. The van der Waals surface area contributed by atoms with Gasteiger partial charge in [0.2, 0.25) is 0 Å². The van der Waals surface area contributed by atoms with Crippen molar-refractivity contribution < 1.29 is 13.6 Å². The molecule has 0 N–H and O–H groups in total. The Morgan fingerprint density at radius 2 is 2.00 bits per heavy atom. The lowest BCUT2D eigenvalue weighted by molar-refractivity contribution is 0.112. The number of hydrogen-bond acceptors (Lipinski definition) is 2. The Morgan fingerprint density at radius 1 is 1.38 bits per heavy atom. The van der Waals surface area contributed by atoms with E-state index in [1.807, 2.05) is 0 Å². The van der Waals surface area contributed by atoms with Gasteiger partial charge in [-0.05, 0) is 24.5 Å². The fourth-order valence-electron chi connectivity index (χ4n) is 2.09. The Labute approximate surface area is 92.9 Å².